The van der Waals surface area contributed by atoms with Crippen molar-refractivity contribution in [3.05, 3.63) is 23.2 Å². The van der Waals surface area contributed by atoms with E-state index in [1.54, 1.807) is 29.9 Å². The lowest BCUT2D eigenvalue weighted by atomic mass is 10.3. The number of para-hydroxylation sites is 1. The van der Waals surface area contributed by atoms with Gasteiger partial charge in [-0.05, 0) is 12.1 Å². The molecule has 0 saturated carbocycles. The molecule has 1 aromatic carbocycles. The molecule has 0 aliphatic carbocycles. The van der Waals surface area contributed by atoms with Crippen LogP contribution in [0.4, 0.5) is 5.95 Å². The van der Waals surface area contributed by atoms with Crippen molar-refractivity contribution in [3.8, 4) is 0 Å². The molecular formula is C12H15ClN4O2. The zero-order valence-electron chi connectivity index (χ0n) is 10.5. The van der Waals surface area contributed by atoms with Gasteiger partial charge in [0.2, 0.25) is 11.9 Å². The number of amides is 1. The zero-order valence-corrected chi connectivity index (χ0v) is 11.3. The summed E-state index contributed by atoms with van der Waals surface area (Å²) in [6.07, 6.45) is 0. The maximum absolute atomic E-state index is 11.8. The second-order valence-corrected chi connectivity index (χ2v) is 4.41. The van der Waals surface area contributed by atoms with Crippen molar-refractivity contribution in [2.75, 3.05) is 26.0 Å². The molecular weight excluding hydrogens is 268 g/mol. The van der Waals surface area contributed by atoms with Gasteiger partial charge in [-0.2, -0.15) is 0 Å². The number of carbonyl (C=O) groups excluding carboxylic acids is 1. The summed E-state index contributed by atoms with van der Waals surface area (Å²) < 4.78 is 6.46. The molecule has 1 heterocycles. The first-order valence-electron chi connectivity index (χ1n) is 5.79. The topological polar surface area (TPSA) is 82.2 Å². The highest BCUT2D eigenvalue weighted by Gasteiger charge is 2.13. The number of nitrogen functional groups attached to an aromatic ring is 1. The van der Waals surface area contributed by atoms with Crippen LogP contribution in [0.1, 0.15) is 0 Å². The number of carbonyl (C=O) groups is 1. The van der Waals surface area contributed by atoms with E-state index in [-0.39, 0.29) is 18.4 Å². The van der Waals surface area contributed by atoms with Gasteiger partial charge in [0.25, 0.3) is 0 Å². The van der Waals surface area contributed by atoms with E-state index in [4.69, 9.17) is 22.1 Å². The van der Waals surface area contributed by atoms with Crippen LogP contribution in [0.3, 0.4) is 0 Å². The normalized spacial score (nSPS) is 10.8. The Morgan fingerprint density at radius 1 is 1.58 bits per heavy atom. The highest BCUT2D eigenvalue weighted by Crippen LogP contribution is 2.25. The first-order chi connectivity index (χ1) is 9.13. The van der Waals surface area contributed by atoms with Crippen LogP contribution in [0.25, 0.3) is 11.0 Å². The van der Waals surface area contributed by atoms with E-state index in [1.807, 2.05) is 0 Å². The van der Waals surface area contributed by atoms with Gasteiger partial charge in [0, 0.05) is 13.7 Å². The molecule has 3 N–H and O–H groups in total. The predicted octanol–water partition coefficient (Wildman–Crippen LogP) is 1.03. The smallest absolute Gasteiger partial charge is 0.240 e. The Balaban J connectivity index is 2.20. The lowest BCUT2D eigenvalue weighted by molar-refractivity contribution is -0.121. The summed E-state index contributed by atoms with van der Waals surface area (Å²) in [6.45, 7) is 0.998. The Morgan fingerprint density at radius 3 is 3.11 bits per heavy atom. The van der Waals surface area contributed by atoms with E-state index in [9.17, 15) is 4.79 Å². The van der Waals surface area contributed by atoms with E-state index in [1.165, 1.54) is 0 Å². The van der Waals surface area contributed by atoms with E-state index >= 15 is 0 Å². The van der Waals surface area contributed by atoms with Crippen molar-refractivity contribution in [2.24, 2.45) is 0 Å². The third kappa shape index (κ3) is 2.97. The standard InChI is InChI=1S/C12H15ClN4O2/c1-19-6-5-15-10(18)7-17-11-8(13)3-2-4-9(11)16-12(17)14/h2-4H,5-7H2,1H3,(H2,14,16)(H,15,18). The lowest BCUT2D eigenvalue weighted by Crippen LogP contribution is -2.30. The van der Waals surface area contributed by atoms with Crippen molar-refractivity contribution in [1.82, 2.24) is 14.9 Å². The summed E-state index contributed by atoms with van der Waals surface area (Å²) in [5, 5.41) is 3.24. The minimum absolute atomic E-state index is 0.0791. The van der Waals surface area contributed by atoms with Crippen LogP contribution in [0.2, 0.25) is 5.02 Å². The summed E-state index contributed by atoms with van der Waals surface area (Å²) in [7, 11) is 1.58. The Labute approximate surface area is 115 Å². The molecule has 1 amide bonds. The number of imidazole rings is 1. The van der Waals surface area contributed by atoms with Crippen molar-refractivity contribution in [1.29, 1.82) is 0 Å². The van der Waals surface area contributed by atoms with Crippen LogP contribution in [-0.4, -0.2) is 35.7 Å². The Bertz CT molecular complexity index is 597. The van der Waals surface area contributed by atoms with Crippen LogP contribution in [0.5, 0.6) is 0 Å². The summed E-state index contributed by atoms with van der Waals surface area (Å²) in [5.41, 5.74) is 7.16. The van der Waals surface area contributed by atoms with Gasteiger partial charge >= 0.3 is 0 Å². The summed E-state index contributed by atoms with van der Waals surface area (Å²) in [4.78, 5) is 16.0. The van der Waals surface area contributed by atoms with Gasteiger partial charge in [0.1, 0.15) is 6.54 Å². The molecule has 2 rings (SSSR count). The molecule has 19 heavy (non-hydrogen) atoms. The maximum atomic E-state index is 11.8. The molecule has 0 atom stereocenters. The number of nitrogens with two attached hydrogens (primary N) is 1. The third-order valence-corrected chi connectivity index (χ3v) is 2.98. The largest absolute Gasteiger partial charge is 0.383 e. The van der Waals surface area contributed by atoms with E-state index in [2.05, 4.69) is 10.3 Å². The monoisotopic (exact) mass is 282 g/mol. The Morgan fingerprint density at radius 2 is 2.37 bits per heavy atom. The molecule has 0 unspecified atom stereocenters. The van der Waals surface area contributed by atoms with Gasteiger partial charge in [-0.15, -0.1) is 0 Å². The van der Waals surface area contributed by atoms with Crippen LogP contribution >= 0.6 is 11.6 Å². The fraction of sp³-hybridized carbons (Fsp3) is 0.333. The van der Waals surface area contributed by atoms with Crippen molar-refractivity contribution >= 4 is 34.5 Å². The Kier molecular flexibility index (Phi) is 4.24. The molecule has 0 aliphatic rings. The lowest BCUT2D eigenvalue weighted by Gasteiger charge is -2.08. The molecule has 0 bridgehead atoms. The van der Waals surface area contributed by atoms with E-state index in [0.717, 1.165) is 0 Å². The molecule has 102 valence electrons. The minimum atomic E-state index is -0.164. The third-order valence-electron chi connectivity index (χ3n) is 2.68. The number of anilines is 1. The molecule has 0 saturated heterocycles. The van der Waals surface area contributed by atoms with Crippen molar-refractivity contribution < 1.29 is 9.53 Å². The molecule has 1 aromatic heterocycles. The predicted molar refractivity (Wildman–Crippen MR) is 74.0 cm³/mol. The van der Waals surface area contributed by atoms with Crippen LogP contribution in [0.15, 0.2) is 18.2 Å². The molecule has 2 aromatic rings. The van der Waals surface area contributed by atoms with Crippen LogP contribution in [0, 0.1) is 0 Å². The second-order valence-electron chi connectivity index (χ2n) is 4.01. The number of halogens is 1. The van der Waals surface area contributed by atoms with Gasteiger partial charge < -0.3 is 15.8 Å². The number of rotatable bonds is 5. The number of nitrogens with one attached hydrogen (secondary N) is 1. The molecule has 7 heteroatoms. The Hall–Kier alpha value is -1.79. The number of hydrogen-bond acceptors (Lipinski definition) is 4. The van der Waals surface area contributed by atoms with Gasteiger partial charge in [-0.25, -0.2) is 4.98 Å². The number of nitrogens with zero attached hydrogens (tertiary/aromatic N) is 2. The zero-order chi connectivity index (χ0) is 13.8. The average Bonchev–Trinajstić information content (AvgIpc) is 2.67. The van der Waals surface area contributed by atoms with Gasteiger partial charge in [0.15, 0.2) is 0 Å². The van der Waals surface area contributed by atoms with Crippen LogP contribution in [-0.2, 0) is 16.1 Å². The van der Waals surface area contributed by atoms with Gasteiger partial charge in [-0.3, -0.25) is 9.36 Å². The van der Waals surface area contributed by atoms with Gasteiger partial charge in [0.05, 0.1) is 22.7 Å². The van der Waals surface area contributed by atoms with Crippen molar-refractivity contribution in [3.63, 3.8) is 0 Å². The maximum Gasteiger partial charge on any atom is 0.240 e. The molecule has 0 radical (unpaired) electrons. The summed E-state index contributed by atoms with van der Waals surface area (Å²) in [5.74, 6) is 0.105. The minimum Gasteiger partial charge on any atom is -0.383 e. The summed E-state index contributed by atoms with van der Waals surface area (Å²) >= 11 is 6.12. The number of hydrogen-bond donors (Lipinski definition) is 2. The summed E-state index contributed by atoms with van der Waals surface area (Å²) in [6, 6.07) is 5.33. The molecule has 0 aliphatic heterocycles. The fourth-order valence-electron chi connectivity index (χ4n) is 1.81. The number of benzene rings is 1. The molecule has 0 spiro atoms. The van der Waals surface area contributed by atoms with E-state index < -0.39 is 0 Å². The first kappa shape index (κ1) is 13.6. The van der Waals surface area contributed by atoms with Gasteiger partial charge in [-0.1, -0.05) is 17.7 Å². The highest BCUT2D eigenvalue weighted by atomic mass is 35.5. The first-order valence-corrected chi connectivity index (χ1v) is 6.17. The quantitative estimate of drug-likeness (QED) is 0.803. The second kappa shape index (κ2) is 5.90. The molecule has 0 fully saturated rings. The fourth-order valence-corrected chi connectivity index (χ4v) is 2.08. The number of methoxy groups -OCH3 is 1. The average molecular weight is 283 g/mol. The van der Waals surface area contributed by atoms with E-state index in [0.29, 0.717) is 29.2 Å². The van der Waals surface area contributed by atoms with Crippen molar-refractivity contribution in [2.45, 2.75) is 6.54 Å². The number of fused-ring (bicyclic) bond motifs is 1. The number of aromatic nitrogens is 2. The molecule has 6 nitrogen and oxygen atoms in total. The SMILES string of the molecule is COCCNC(=O)Cn1c(N)nc2cccc(Cl)c21. The number of ether oxygens (including phenoxy) is 1. The highest BCUT2D eigenvalue weighted by molar-refractivity contribution is 6.35. The van der Waals surface area contributed by atoms with Crippen LogP contribution < -0.4 is 11.1 Å².